The van der Waals surface area contributed by atoms with E-state index in [1.54, 1.807) is 18.2 Å². The van der Waals surface area contributed by atoms with E-state index in [0.29, 0.717) is 30.0 Å². The molecule has 6 nitrogen and oxygen atoms in total. The number of aliphatic hydroxyl groups excluding tert-OH is 1. The summed E-state index contributed by atoms with van der Waals surface area (Å²) in [6.45, 7) is 0.456. The fourth-order valence-electron chi connectivity index (χ4n) is 3.66. The number of nitrogens with zero attached hydrogens (tertiary/aromatic N) is 3. The number of carbonyl (C=O) groups is 1. The minimum Gasteiger partial charge on any atom is -0.491 e. The van der Waals surface area contributed by atoms with Gasteiger partial charge in [-0.15, -0.1) is 0 Å². The third-order valence-corrected chi connectivity index (χ3v) is 4.97. The second-order valence-electron chi connectivity index (χ2n) is 6.79. The quantitative estimate of drug-likeness (QED) is 0.887. The molecule has 1 aromatic heterocycles. The van der Waals surface area contributed by atoms with Gasteiger partial charge >= 0.3 is 6.18 Å². The van der Waals surface area contributed by atoms with Crippen molar-refractivity contribution in [3.63, 3.8) is 0 Å². The second kappa shape index (κ2) is 6.56. The lowest BCUT2D eigenvalue weighted by atomic mass is 10.1. The molecular weight excluding hydrogens is 363 g/mol. The lowest BCUT2D eigenvalue weighted by Crippen LogP contribution is -2.36. The standard InChI is InChI=1S/C18H18F3N3O3/c19-18(20,21)16-12(9-25)8-23(22-16)7-11-3-4-14-15(6-11)27-10-13-2-1-5-24(13)17(14)26/h3-4,6,8,13,25H,1-2,5,7,9-10H2/t13-/m0/s1. The summed E-state index contributed by atoms with van der Waals surface area (Å²) >= 11 is 0. The van der Waals surface area contributed by atoms with Crippen molar-refractivity contribution in [1.82, 2.24) is 14.7 Å². The molecule has 144 valence electrons. The van der Waals surface area contributed by atoms with Crippen molar-refractivity contribution in [2.75, 3.05) is 13.2 Å². The van der Waals surface area contributed by atoms with Crippen molar-refractivity contribution in [1.29, 1.82) is 0 Å². The maximum Gasteiger partial charge on any atom is 0.435 e. The first-order valence-electron chi connectivity index (χ1n) is 8.68. The first kappa shape index (κ1) is 17.8. The van der Waals surface area contributed by atoms with E-state index in [9.17, 15) is 18.0 Å². The van der Waals surface area contributed by atoms with Gasteiger partial charge in [-0.2, -0.15) is 18.3 Å². The number of fused-ring (bicyclic) bond motifs is 2. The predicted molar refractivity (Wildman–Crippen MR) is 88.2 cm³/mol. The van der Waals surface area contributed by atoms with Gasteiger partial charge in [-0.3, -0.25) is 9.48 Å². The summed E-state index contributed by atoms with van der Waals surface area (Å²) in [7, 11) is 0. The van der Waals surface area contributed by atoms with Crippen LogP contribution >= 0.6 is 0 Å². The zero-order chi connectivity index (χ0) is 19.2. The van der Waals surface area contributed by atoms with Crippen LogP contribution in [0.15, 0.2) is 24.4 Å². The Hall–Kier alpha value is -2.55. The van der Waals surface area contributed by atoms with Gasteiger partial charge in [-0.05, 0) is 30.5 Å². The highest BCUT2D eigenvalue weighted by Gasteiger charge is 2.37. The van der Waals surface area contributed by atoms with E-state index in [0.717, 1.165) is 17.5 Å². The van der Waals surface area contributed by atoms with Crippen LogP contribution in [0.1, 0.15) is 40.0 Å². The molecule has 0 unspecified atom stereocenters. The van der Waals surface area contributed by atoms with Crippen molar-refractivity contribution >= 4 is 5.91 Å². The zero-order valence-corrected chi connectivity index (χ0v) is 14.4. The predicted octanol–water partition coefficient (Wildman–Crippen LogP) is 2.44. The summed E-state index contributed by atoms with van der Waals surface area (Å²) < 4.78 is 45.8. The van der Waals surface area contributed by atoms with Gasteiger partial charge < -0.3 is 14.7 Å². The Balaban J connectivity index is 1.60. The lowest BCUT2D eigenvalue weighted by Gasteiger charge is -2.20. The van der Waals surface area contributed by atoms with Crippen molar-refractivity contribution in [2.45, 2.75) is 38.2 Å². The molecule has 2 aliphatic heterocycles. The normalized spacial score (nSPS) is 19.5. The fraction of sp³-hybridized carbons (Fsp3) is 0.444. The Bertz CT molecular complexity index is 878. The molecule has 4 rings (SSSR count). The highest BCUT2D eigenvalue weighted by atomic mass is 19.4. The molecule has 2 aromatic rings. The van der Waals surface area contributed by atoms with E-state index >= 15 is 0 Å². The number of benzene rings is 1. The molecule has 1 N–H and O–H groups in total. The average Bonchev–Trinajstić information content (AvgIpc) is 3.23. The van der Waals surface area contributed by atoms with Gasteiger partial charge in [0, 0.05) is 18.3 Å². The first-order valence-corrected chi connectivity index (χ1v) is 8.68. The van der Waals surface area contributed by atoms with Crippen molar-refractivity contribution in [2.24, 2.45) is 0 Å². The summed E-state index contributed by atoms with van der Waals surface area (Å²) in [5, 5.41) is 12.7. The molecule has 1 saturated heterocycles. The molecule has 0 saturated carbocycles. The van der Waals surface area contributed by atoms with Gasteiger partial charge in [-0.25, -0.2) is 0 Å². The van der Waals surface area contributed by atoms with Crippen LogP contribution in [0.25, 0.3) is 0 Å². The summed E-state index contributed by atoms with van der Waals surface area (Å²) in [6, 6.07) is 5.07. The number of alkyl halides is 3. The van der Waals surface area contributed by atoms with Crippen LogP contribution in [0.4, 0.5) is 13.2 Å². The average molecular weight is 381 g/mol. The molecule has 2 aliphatic rings. The van der Waals surface area contributed by atoms with E-state index in [-0.39, 0.29) is 24.1 Å². The molecule has 0 bridgehead atoms. The van der Waals surface area contributed by atoms with Crippen LogP contribution in [0.3, 0.4) is 0 Å². The Morgan fingerprint density at radius 3 is 2.85 bits per heavy atom. The van der Waals surface area contributed by atoms with Crippen molar-refractivity contribution in [3.8, 4) is 5.75 Å². The van der Waals surface area contributed by atoms with Gasteiger partial charge in [0.15, 0.2) is 5.69 Å². The number of hydrogen-bond acceptors (Lipinski definition) is 4. The number of aromatic nitrogens is 2. The third kappa shape index (κ3) is 3.27. The van der Waals surface area contributed by atoms with E-state index in [1.807, 2.05) is 4.90 Å². The van der Waals surface area contributed by atoms with Gasteiger partial charge in [0.2, 0.25) is 0 Å². The smallest absolute Gasteiger partial charge is 0.435 e. The third-order valence-electron chi connectivity index (χ3n) is 4.97. The summed E-state index contributed by atoms with van der Waals surface area (Å²) in [5.41, 5.74) is -0.240. The Morgan fingerprint density at radius 2 is 2.15 bits per heavy atom. The minimum absolute atomic E-state index is 0.0703. The zero-order valence-electron chi connectivity index (χ0n) is 14.4. The number of rotatable bonds is 3. The summed E-state index contributed by atoms with van der Waals surface area (Å²) in [6.07, 6.45) is -1.58. The Morgan fingerprint density at radius 1 is 1.33 bits per heavy atom. The molecule has 9 heteroatoms. The van der Waals surface area contributed by atoms with E-state index in [2.05, 4.69) is 5.10 Å². The second-order valence-corrected chi connectivity index (χ2v) is 6.79. The summed E-state index contributed by atoms with van der Waals surface area (Å²) in [5.74, 6) is 0.370. The molecule has 0 radical (unpaired) electrons. The highest BCUT2D eigenvalue weighted by Crippen LogP contribution is 2.32. The van der Waals surface area contributed by atoms with Crippen molar-refractivity contribution < 1.29 is 27.8 Å². The highest BCUT2D eigenvalue weighted by molar-refractivity contribution is 5.97. The van der Waals surface area contributed by atoms with Crippen molar-refractivity contribution in [3.05, 3.63) is 46.8 Å². The molecule has 1 amide bonds. The number of carbonyl (C=O) groups excluding carboxylic acids is 1. The molecule has 1 fully saturated rings. The SMILES string of the molecule is O=C1c2ccc(Cn3cc(CO)c(C(F)(F)F)n3)cc2OC[C@@H]2CCCN12. The summed E-state index contributed by atoms with van der Waals surface area (Å²) in [4.78, 5) is 14.5. The largest absolute Gasteiger partial charge is 0.491 e. The molecule has 27 heavy (non-hydrogen) atoms. The molecule has 0 spiro atoms. The lowest BCUT2D eigenvalue weighted by molar-refractivity contribution is -0.142. The maximum absolute atomic E-state index is 13.0. The molecular formula is C18H18F3N3O3. The number of amides is 1. The van der Waals surface area contributed by atoms with Gasteiger partial charge in [0.25, 0.3) is 5.91 Å². The van der Waals surface area contributed by atoms with Gasteiger partial charge in [0.1, 0.15) is 12.4 Å². The van der Waals surface area contributed by atoms with Crippen LogP contribution in [0.2, 0.25) is 0 Å². The number of aliphatic hydroxyl groups is 1. The van der Waals surface area contributed by atoms with E-state index in [1.165, 1.54) is 6.20 Å². The molecule has 3 heterocycles. The monoisotopic (exact) mass is 381 g/mol. The van der Waals surface area contributed by atoms with Crippen LogP contribution in [-0.2, 0) is 19.3 Å². The van der Waals surface area contributed by atoms with E-state index < -0.39 is 18.5 Å². The topological polar surface area (TPSA) is 67.6 Å². The number of halogens is 3. The molecule has 1 atom stereocenters. The fourth-order valence-corrected chi connectivity index (χ4v) is 3.66. The molecule has 0 aliphatic carbocycles. The van der Waals surface area contributed by atoms with Gasteiger partial charge in [0.05, 0.1) is 24.8 Å². The van der Waals surface area contributed by atoms with Crippen LogP contribution in [0, 0.1) is 0 Å². The maximum atomic E-state index is 13.0. The number of hydrogen-bond donors (Lipinski definition) is 1. The van der Waals surface area contributed by atoms with Crippen LogP contribution in [0.5, 0.6) is 5.75 Å². The Labute approximate surface area is 153 Å². The van der Waals surface area contributed by atoms with Crippen LogP contribution < -0.4 is 4.74 Å². The first-order chi connectivity index (χ1) is 12.9. The van der Waals surface area contributed by atoms with Gasteiger partial charge in [-0.1, -0.05) is 6.07 Å². The Kier molecular flexibility index (Phi) is 4.33. The molecule has 1 aromatic carbocycles. The van der Waals surface area contributed by atoms with E-state index in [4.69, 9.17) is 9.84 Å². The number of ether oxygens (including phenoxy) is 1. The minimum atomic E-state index is -4.63. The van der Waals surface area contributed by atoms with Crippen LogP contribution in [-0.4, -0.2) is 44.9 Å².